The van der Waals surface area contributed by atoms with E-state index in [2.05, 4.69) is 0 Å². The quantitative estimate of drug-likeness (QED) is 0.402. The molecule has 0 radical (unpaired) electrons. The average molecular weight is 256 g/mol. The number of carbonyl (C=O) groups is 2. The standard InChI is InChI=1S/C12H16O6/c1-6-5-10(17-7(2)13)8(14)3-4-9-11(18-9)12(15)16-6/h3-4,6,8-11,14H,5H2,1-2H3. The molecule has 0 aliphatic carbocycles. The van der Waals surface area contributed by atoms with Crippen LogP contribution in [0.3, 0.4) is 0 Å². The van der Waals surface area contributed by atoms with Crippen molar-refractivity contribution in [3.63, 3.8) is 0 Å². The maximum atomic E-state index is 11.5. The molecule has 0 aromatic carbocycles. The van der Waals surface area contributed by atoms with Crippen LogP contribution in [0.25, 0.3) is 0 Å². The molecule has 1 N–H and O–H groups in total. The summed E-state index contributed by atoms with van der Waals surface area (Å²) in [6, 6.07) is 0. The van der Waals surface area contributed by atoms with Crippen LogP contribution in [0.2, 0.25) is 0 Å². The highest BCUT2D eigenvalue weighted by molar-refractivity contribution is 5.78. The van der Waals surface area contributed by atoms with Crippen LogP contribution in [0.15, 0.2) is 12.2 Å². The molecule has 100 valence electrons. The molecule has 6 nitrogen and oxygen atoms in total. The van der Waals surface area contributed by atoms with Crippen molar-refractivity contribution in [2.24, 2.45) is 0 Å². The predicted molar refractivity (Wildman–Crippen MR) is 59.5 cm³/mol. The van der Waals surface area contributed by atoms with E-state index < -0.39 is 36.4 Å². The monoisotopic (exact) mass is 256 g/mol. The van der Waals surface area contributed by atoms with Crippen LogP contribution in [-0.4, -0.2) is 47.6 Å². The Morgan fingerprint density at radius 1 is 1.50 bits per heavy atom. The Balaban J connectivity index is 2.10. The van der Waals surface area contributed by atoms with Gasteiger partial charge in [0.1, 0.15) is 24.4 Å². The molecular weight excluding hydrogens is 240 g/mol. The molecule has 5 unspecified atom stereocenters. The van der Waals surface area contributed by atoms with Crippen molar-refractivity contribution in [1.82, 2.24) is 0 Å². The van der Waals surface area contributed by atoms with Crippen LogP contribution in [0, 0.1) is 0 Å². The second-order valence-corrected chi connectivity index (χ2v) is 4.53. The number of cyclic esters (lactones) is 1. The topological polar surface area (TPSA) is 85.4 Å². The smallest absolute Gasteiger partial charge is 0.338 e. The van der Waals surface area contributed by atoms with Crippen LogP contribution in [0.4, 0.5) is 0 Å². The Morgan fingerprint density at radius 2 is 2.22 bits per heavy atom. The van der Waals surface area contributed by atoms with Crippen molar-refractivity contribution in [3.8, 4) is 0 Å². The number of esters is 2. The first-order valence-corrected chi connectivity index (χ1v) is 5.87. The summed E-state index contributed by atoms with van der Waals surface area (Å²) in [7, 11) is 0. The molecule has 0 spiro atoms. The number of aliphatic hydroxyl groups is 1. The van der Waals surface area contributed by atoms with Gasteiger partial charge in [-0.05, 0) is 6.92 Å². The molecule has 0 saturated carbocycles. The average Bonchev–Trinajstić information content (AvgIpc) is 3.02. The molecule has 2 aliphatic rings. The third-order valence-electron chi connectivity index (χ3n) is 2.84. The number of fused-ring (bicyclic) bond motifs is 1. The van der Waals surface area contributed by atoms with Crippen molar-refractivity contribution < 1.29 is 28.9 Å². The Bertz CT molecular complexity index is 377. The lowest BCUT2D eigenvalue weighted by molar-refractivity contribution is -0.157. The fourth-order valence-corrected chi connectivity index (χ4v) is 1.92. The van der Waals surface area contributed by atoms with Crippen LogP contribution in [0.1, 0.15) is 20.3 Å². The maximum Gasteiger partial charge on any atom is 0.338 e. The van der Waals surface area contributed by atoms with Gasteiger partial charge in [0.05, 0.1) is 0 Å². The molecule has 2 rings (SSSR count). The van der Waals surface area contributed by atoms with Crippen molar-refractivity contribution >= 4 is 11.9 Å². The highest BCUT2D eigenvalue weighted by Gasteiger charge is 2.46. The van der Waals surface area contributed by atoms with Gasteiger partial charge < -0.3 is 19.3 Å². The van der Waals surface area contributed by atoms with E-state index in [0.717, 1.165) is 0 Å². The van der Waals surface area contributed by atoms with E-state index in [1.54, 1.807) is 13.0 Å². The number of epoxide rings is 1. The third-order valence-corrected chi connectivity index (χ3v) is 2.84. The lowest BCUT2D eigenvalue weighted by Gasteiger charge is -2.24. The summed E-state index contributed by atoms with van der Waals surface area (Å²) in [5.74, 6) is -0.904. The highest BCUT2D eigenvalue weighted by atomic mass is 16.6. The normalized spacial score (nSPS) is 39.5. The number of hydrogen-bond acceptors (Lipinski definition) is 6. The van der Waals surface area contributed by atoms with Crippen molar-refractivity contribution in [2.75, 3.05) is 0 Å². The van der Waals surface area contributed by atoms with Crippen LogP contribution in [-0.2, 0) is 23.8 Å². The minimum Gasteiger partial charge on any atom is -0.461 e. The summed E-state index contributed by atoms with van der Waals surface area (Å²) < 4.78 is 15.3. The van der Waals surface area contributed by atoms with Gasteiger partial charge in [0.2, 0.25) is 0 Å². The van der Waals surface area contributed by atoms with Gasteiger partial charge in [0.25, 0.3) is 0 Å². The summed E-state index contributed by atoms with van der Waals surface area (Å²) in [4.78, 5) is 22.5. The molecule has 6 heteroatoms. The minimum atomic E-state index is -0.932. The van der Waals surface area contributed by atoms with Gasteiger partial charge in [-0.3, -0.25) is 4.79 Å². The SMILES string of the molecule is CC(=O)OC1CC(C)OC(=O)C2OC2C=CC1O. The molecule has 5 atom stereocenters. The molecular formula is C12H16O6. The van der Waals surface area contributed by atoms with Gasteiger partial charge in [-0.25, -0.2) is 4.79 Å². The van der Waals surface area contributed by atoms with E-state index in [-0.39, 0.29) is 12.5 Å². The Morgan fingerprint density at radius 3 is 2.89 bits per heavy atom. The van der Waals surface area contributed by atoms with Gasteiger partial charge in [-0.2, -0.15) is 0 Å². The molecule has 0 bridgehead atoms. The molecule has 2 aliphatic heterocycles. The predicted octanol–water partition coefficient (Wildman–Crippen LogP) is -0.0620. The minimum absolute atomic E-state index is 0.244. The van der Waals surface area contributed by atoms with E-state index in [1.165, 1.54) is 13.0 Å². The number of hydrogen-bond donors (Lipinski definition) is 1. The van der Waals surface area contributed by atoms with Gasteiger partial charge in [-0.15, -0.1) is 0 Å². The first-order chi connectivity index (χ1) is 8.47. The summed E-state index contributed by atoms with van der Waals surface area (Å²) in [5.41, 5.74) is 0. The summed E-state index contributed by atoms with van der Waals surface area (Å²) >= 11 is 0. The van der Waals surface area contributed by atoms with Gasteiger partial charge in [-0.1, -0.05) is 12.2 Å². The molecule has 1 saturated heterocycles. The van der Waals surface area contributed by atoms with E-state index >= 15 is 0 Å². The van der Waals surface area contributed by atoms with E-state index in [1.807, 2.05) is 0 Å². The van der Waals surface area contributed by atoms with Crippen molar-refractivity contribution in [1.29, 1.82) is 0 Å². The second kappa shape index (κ2) is 5.07. The van der Waals surface area contributed by atoms with Gasteiger partial charge in [0.15, 0.2) is 6.10 Å². The fourth-order valence-electron chi connectivity index (χ4n) is 1.92. The first kappa shape index (κ1) is 13.0. The Kier molecular flexibility index (Phi) is 3.68. The van der Waals surface area contributed by atoms with E-state index in [0.29, 0.717) is 0 Å². The third kappa shape index (κ3) is 3.08. The summed E-state index contributed by atoms with van der Waals surface area (Å²) in [5, 5.41) is 9.90. The van der Waals surface area contributed by atoms with Gasteiger partial charge >= 0.3 is 11.9 Å². The fraction of sp³-hybridized carbons (Fsp3) is 0.667. The lowest BCUT2D eigenvalue weighted by atomic mass is 10.1. The Labute approximate surface area is 105 Å². The van der Waals surface area contributed by atoms with Crippen molar-refractivity contribution in [3.05, 3.63) is 12.2 Å². The van der Waals surface area contributed by atoms with Crippen LogP contribution >= 0.6 is 0 Å². The van der Waals surface area contributed by atoms with E-state index in [4.69, 9.17) is 14.2 Å². The number of rotatable bonds is 1. The highest BCUT2D eigenvalue weighted by Crippen LogP contribution is 2.27. The Hall–Kier alpha value is -1.40. The zero-order valence-electron chi connectivity index (χ0n) is 10.2. The van der Waals surface area contributed by atoms with Crippen LogP contribution in [0.5, 0.6) is 0 Å². The number of carbonyl (C=O) groups excluding carboxylic acids is 2. The molecule has 0 aromatic heterocycles. The number of ether oxygens (including phenoxy) is 3. The van der Waals surface area contributed by atoms with Gasteiger partial charge in [0, 0.05) is 13.3 Å². The van der Waals surface area contributed by atoms with E-state index in [9.17, 15) is 14.7 Å². The summed E-state index contributed by atoms with van der Waals surface area (Å²) in [6.45, 7) is 2.95. The molecule has 18 heavy (non-hydrogen) atoms. The van der Waals surface area contributed by atoms with Crippen LogP contribution < -0.4 is 0 Å². The maximum absolute atomic E-state index is 11.5. The molecule has 2 heterocycles. The first-order valence-electron chi connectivity index (χ1n) is 5.87. The molecule has 0 amide bonds. The van der Waals surface area contributed by atoms with Crippen molar-refractivity contribution in [2.45, 2.75) is 50.8 Å². The molecule has 0 aromatic rings. The summed E-state index contributed by atoms with van der Waals surface area (Å²) in [6.07, 6.45) is 0.292. The zero-order valence-corrected chi connectivity index (χ0v) is 10.2. The largest absolute Gasteiger partial charge is 0.461 e. The second-order valence-electron chi connectivity index (χ2n) is 4.53. The lowest BCUT2D eigenvalue weighted by Crippen LogP contribution is -2.35. The number of aliphatic hydroxyl groups excluding tert-OH is 1. The zero-order chi connectivity index (χ0) is 13.3. The molecule has 1 fully saturated rings.